The molecule has 3 heterocycles. The van der Waals surface area contributed by atoms with Crippen molar-refractivity contribution in [3.63, 3.8) is 0 Å². The van der Waals surface area contributed by atoms with Crippen LogP contribution in [0.2, 0.25) is 0 Å². The van der Waals surface area contributed by atoms with Crippen LogP contribution in [0, 0.1) is 0 Å². The number of ether oxygens (including phenoxy) is 1. The summed E-state index contributed by atoms with van der Waals surface area (Å²) in [6.07, 6.45) is 8.71. The first-order valence-corrected chi connectivity index (χ1v) is 13.2. The van der Waals surface area contributed by atoms with Crippen LogP contribution in [0.5, 0.6) is 5.75 Å². The lowest BCUT2D eigenvalue weighted by Crippen LogP contribution is -2.17. The smallest absolute Gasteiger partial charge is 0.223 e. The van der Waals surface area contributed by atoms with E-state index in [1.54, 1.807) is 19.1 Å². The number of methoxy groups -OCH3 is 1. The predicted molar refractivity (Wildman–Crippen MR) is 144 cm³/mol. The number of rotatable bonds is 10. The lowest BCUT2D eigenvalue weighted by Gasteiger charge is -2.12. The number of hydrogen-bond donors (Lipinski definition) is 3. The van der Waals surface area contributed by atoms with Crippen LogP contribution in [0.4, 0.5) is 11.8 Å². The normalized spacial score (nSPS) is 13.9. The summed E-state index contributed by atoms with van der Waals surface area (Å²) in [5.74, 6) is 2.42. The molecule has 5 rings (SSSR count). The molecule has 3 N–H and O–H groups in total. The summed E-state index contributed by atoms with van der Waals surface area (Å²) in [5, 5.41) is 12.1. The van der Waals surface area contributed by atoms with E-state index in [0.29, 0.717) is 12.0 Å². The van der Waals surface area contributed by atoms with E-state index in [0.717, 1.165) is 52.7 Å². The molecule has 0 spiro atoms. The monoisotopic (exact) mass is 489 g/mol. The Morgan fingerprint density at radius 2 is 1.89 bits per heavy atom. The zero-order chi connectivity index (χ0) is 24.0. The first kappa shape index (κ1) is 23.4. The van der Waals surface area contributed by atoms with E-state index in [4.69, 9.17) is 14.8 Å². The Bertz CT molecular complexity index is 1270. The Balaban J connectivity index is 1.59. The number of hydrogen-bond acceptors (Lipinski definition) is 8. The van der Waals surface area contributed by atoms with Gasteiger partial charge in [-0.15, -0.1) is 0 Å². The second-order valence-corrected chi connectivity index (χ2v) is 9.27. The molecular weight excluding hydrogens is 458 g/mol. The molecule has 4 aromatic rings. The third-order valence-electron chi connectivity index (χ3n) is 6.30. The Hall–Kier alpha value is -3.30. The van der Waals surface area contributed by atoms with Gasteiger partial charge in [0.05, 0.1) is 23.9 Å². The molecule has 0 aliphatic heterocycles. The average Bonchev–Trinajstić information content (AvgIpc) is 3.55. The summed E-state index contributed by atoms with van der Waals surface area (Å²) in [6.45, 7) is 1.63. The highest BCUT2D eigenvalue weighted by Gasteiger charge is 2.21. The van der Waals surface area contributed by atoms with E-state index in [1.807, 2.05) is 53.4 Å². The van der Waals surface area contributed by atoms with Gasteiger partial charge in [-0.1, -0.05) is 30.9 Å². The zero-order valence-corrected chi connectivity index (χ0v) is 20.9. The van der Waals surface area contributed by atoms with E-state index in [2.05, 4.69) is 32.5 Å². The second-order valence-electron chi connectivity index (χ2n) is 8.58. The molecule has 182 valence electrons. The Labute approximate surface area is 210 Å². The van der Waals surface area contributed by atoms with Crippen LogP contribution in [-0.4, -0.2) is 52.1 Å². The van der Waals surface area contributed by atoms with Crippen molar-refractivity contribution in [3.8, 4) is 28.3 Å². The van der Waals surface area contributed by atoms with Crippen LogP contribution in [0.1, 0.15) is 25.7 Å². The highest BCUT2D eigenvalue weighted by molar-refractivity contribution is 7.96. The summed E-state index contributed by atoms with van der Waals surface area (Å²) in [5.41, 5.74) is 4.70. The largest absolute Gasteiger partial charge is 0.497 e. The van der Waals surface area contributed by atoms with Gasteiger partial charge < -0.3 is 15.4 Å². The summed E-state index contributed by atoms with van der Waals surface area (Å²) in [7, 11) is 1.68. The van der Waals surface area contributed by atoms with Gasteiger partial charge in [-0.25, -0.2) is 14.5 Å². The molecule has 35 heavy (non-hydrogen) atoms. The van der Waals surface area contributed by atoms with Crippen molar-refractivity contribution in [2.75, 3.05) is 37.1 Å². The molecule has 9 heteroatoms. The molecule has 0 saturated heterocycles. The van der Waals surface area contributed by atoms with Crippen LogP contribution in [0.3, 0.4) is 0 Å². The molecule has 1 aliphatic rings. The summed E-state index contributed by atoms with van der Waals surface area (Å²) < 4.78 is 10.6. The molecule has 1 saturated carbocycles. The van der Waals surface area contributed by atoms with Gasteiger partial charge in [0, 0.05) is 30.9 Å². The van der Waals surface area contributed by atoms with Gasteiger partial charge in [0.2, 0.25) is 5.95 Å². The molecule has 0 radical (unpaired) electrons. The third kappa shape index (κ3) is 5.21. The van der Waals surface area contributed by atoms with Crippen molar-refractivity contribution >= 4 is 29.2 Å². The number of anilines is 2. The first-order chi connectivity index (χ1) is 17.3. The van der Waals surface area contributed by atoms with Crippen molar-refractivity contribution in [3.05, 3.63) is 54.7 Å². The van der Waals surface area contributed by atoms with Gasteiger partial charge in [0.25, 0.3) is 0 Å². The van der Waals surface area contributed by atoms with Crippen molar-refractivity contribution in [1.29, 1.82) is 0 Å². The van der Waals surface area contributed by atoms with Gasteiger partial charge in [0.1, 0.15) is 17.3 Å². The number of fused-ring (bicyclic) bond motifs is 1. The number of nitrogens with zero attached hydrogens (tertiary/aromatic N) is 4. The van der Waals surface area contributed by atoms with Crippen molar-refractivity contribution in [2.24, 2.45) is 0 Å². The lowest BCUT2D eigenvalue weighted by molar-refractivity contribution is 0.415. The number of pyridine rings is 1. The number of nitrogens with one attached hydrogen (secondary N) is 3. The zero-order valence-electron chi connectivity index (χ0n) is 20.1. The van der Waals surface area contributed by atoms with Crippen LogP contribution in [0.25, 0.3) is 28.0 Å². The van der Waals surface area contributed by atoms with E-state index in [-0.39, 0.29) is 0 Å². The fourth-order valence-corrected chi connectivity index (χ4v) is 4.88. The lowest BCUT2D eigenvalue weighted by atomic mass is 10.0. The fourth-order valence-electron chi connectivity index (χ4n) is 4.57. The fraction of sp³-hybridized carbons (Fsp3) is 0.346. The molecule has 3 aromatic heterocycles. The predicted octanol–water partition coefficient (Wildman–Crippen LogP) is 5.10. The van der Waals surface area contributed by atoms with Crippen LogP contribution in [0.15, 0.2) is 54.7 Å². The summed E-state index contributed by atoms with van der Waals surface area (Å²) in [4.78, 5) is 9.44. The molecule has 0 atom stereocenters. The Kier molecular flexibility index (Phi) is 7.34. The van der Waals surface area contributed by atoms with E-state index in [1.165, 1.54) is 25.7 Å². The highest BCUT2D eigenvalue weighted by Crippen LogP contribution is 2.36. The van der Waals surface area contributed by atoms with E-state index in [9.17, 15) is 0 Å². The molecule has 0 amide bonds. The molecule has 1 aromatic carbocycles. The Morgan fingerprint density at radius 3 is 2.66 bits per heavy atom. The number of benzene rings is 1. The van der Waals surface area contributed by atoms with Crippen LogP contribution >= 0.6 is 11.9 Å². The minimum atomic E-state index is 0.445. The first-order valence-electron chi connectivity index (χ1n) is 12.0. The molecule has 8 nitrogen and oxygen atoms in total. The molecule has 1 fully saturated rings. The maximum absolute atomic E-state index is 5.37. The minimum Gasteiger partial charge on any atom is -0.497 e. The average molecular weight is 490 g/mol. The van der Waals surface area contributed by atoms with Gasteiger partial charge in [-0.3, -0.25) is 4.72 Å². The molecular formula is C26H31N7OS. The third-order valence-corrected chi connectivity index (χ3v) is 6.79. The quantitative estimate of drug-likeness (QED) is 0.209. The molecule has 0 unspecified atom stereocenters. The standard InChI is InChI=1S/C26H31N7OS/c1-34-20-12-10-18(11-13-20)25-24(21-14-15-28-26(31-21)30-19-6-3-4-7-19)22-8-5-9-23(33(22)32-25)27-16-17-29-35-2/h5,8-15,19,27,29H,3-4,6-7,16-17H2,1-2H3,(H,28,30,31). The van der Waals surface area contributed by atoms with E-state index < -0.39 is 0 Å². The molecule has 1 aliphatic carbocycles. The maximum atomic E-state index is 5.37. The number of aromatic nitrogens is 4. The SMILES string of the molecule is COc1ccc(-c2nn3c(NCCNSC)cccc3c2-c2ccnc(NC3CCCC3)n2)cc1. The maximum Gasteiger partial charge on any atom is 0.223 e. The Morgan fingerprint density at radius 1 is 1.06 bits per heavy atom. The summed E-state index contributed by atoms with van der Waals surface area (Å²) >= 11 is 1.61. The molecule has 0 bridgehead atoms. The minimum absolute atomic E-state index is 0.445. The van der Waals surface area contributed by atoms with Crippen LogP contribution < -0.4 is 20.1 Å². The van der Waals surface area contributed by atoms with Crippen molar-refractivity contribution in [2.45, 2.75) is 31.7 Å². The summed E-state index contributed by atoms with van der Waals surface area (Å²) in [6, 6.07) is 16.6. The topological polar surface area (TPSA) is 88.4 Å². The van der Waals surface area contributed by atoms with Gasteiger partial charge in [-0.2, -0.15) is 5.10 Å². The highest BCUT2D eigenvalue weighted by atomic mass is 32.2. The van der Waals surface area contributed by atoms with Gasteiger partial charge >= 0.3 is 0 Å². The second kappa shape index (κ2) is 11.0. The van der Waals surface area contributed by atoms with E-state index >= 15 is 0 Å². The van der Waals surface area contributed by atoms with Gasteiger partial charge in [-0.05, 0) is 61.6 Å². The van der Waals surface area contributed by atoms with Crippen molar-refractivity contribution < 1.29 is 4.74 Å². The van der Waals surface area contributed by atoms with Crippen LogP contribution in [-0.2, 0) is 0 Å². The van der Waals surface area contributed by atoms with Crippen molar-refractivity contribution in [1.82, 2.24) is 24.3 Å². The van der Waals surface area contributed by atoms with Gasteiger partial charge in [0.15, 0.2) is 0 Å².